The summed E-state index contributed by atoms with van der Waals surface area (Å²) in [6.07, 6.45) is 6.18. The molecule has 1 heterocycles. The van der Waals surface area contributed by atoms with Crippen molar-refractivity contribution >= 4 is 11.6 Å². The quantitative estimate of drug-likeness (QED) is 0.546. The Morgan fingerprint density at radius 3 is 2.65 bits per heavy atom. The van der Waals surface area contributed by atoms with Gasteiger partial charge in [-0.1, -0.05) is 36.4 Å². The molecule has 2 rings (SSSR count). The molecule has 1 heteroatoms. The zero-order chi connectivity index (χ0) is 11.9. The third-order valence-corrected chi connectivity index (χ3v) is 2.40. The molecule has 0 bridgehead atoms. The lowest BCUT2D eigenvalue weighted by molar-refractivity contribution is 0.557. The van der Waals surface area contributed by atoms with E-state index in [0.29, 0.717) is 0 Å². The molecule has 0 aliphatic heterocycles. The van der Waals surface area contributed by atoms with E-state index in [1.54, 1.807) is 6.26 Å². The van der Waals surface area contributed by atoms with Crippen molar-refractivity contribution < 1.29 is 4.42 Å². The Balaban J connectivity index is 2.35. The zero-order valence-electron chi connectivity index (χ0n) is 9.60. The van der Waals surface area contributed by atoms with E-state index >= 15 is 0 Å². The maximum atomic E-state index is 5.24. The van der Waals surface area contributed by atoms with Gasteiger partial charge in [-0.3, -0.25) is 0 Å². The summed E-state index contributed by atoms with van der Waals surface area (Å²) in [7, 11) is 0. The summed E-state index contributed by atoms with van der Waals surface area (Å²) in [6.45, 7) is 3.77. The van der Waals surface area contributed by atoms with Gasteiger partial charge in [0.1, 0.15) is 5.76 Å². The summed E-state index contributed by atoms with van der Waals surface area (Å²) < 4.78 is 5.24. The van der Waals surface area contributed by atoms with Crippen LogP contribution in [0.2, 0.25) is 0 Å². The predicted octanol–water partition coefficient (Wildman–Crippen LogP) is 4.55. The fourth-order valence-electron chi connectivity index (χ4n) is 1.58. The summed E-state index contributed by atoms with van der Waals surface area (Å²) in [4.78, 5) is 0. The second-order valence-electron chi connectivity index (χ2n) is 3.64. The second-order valence-corrected chi connectivity index (χ2v) is 3.64. The molecule has 0 N–H and O–H groups in total. The molecule has 0 aliphatic carbocycles. The molecule has 2 aromatic rings. The van der Waals surface area contributed by atoms with Gasteiger partial charge < -0.3 is 4.42 Å². The lowest BCUT2D eigenvalue weighted by Gasteiger charge is -2.00. The van der Waals surface area contributed by atoms with Crippen LogP contribution in [0.25, 0.3) is 11.6 Å². The normalized spacial score (nSPS) is 9.41. The van der Waals surface area contributed by atoms with Crippen molar-refractivity contribution in [2.75, 3.05) is 0 Å². The third-order valence-electron chi connectivity index (χ3n) is 2.40. The van der Waals surface area contributed by atoms with Gasteiger partial charge >= 0.3 is 0 Å². The fourth-order valence-corrected chi connectivity index (χ4v) is 1.58. The molecular weight excluding hydrogens is 208 g/mol. The van der Waals surface area contributed by atoms with Crippen molar-refractivity contribution in [2.45, 2.75) is 6.42 Å². The van der Waals surface area contributed by atoms with Crippen molar-refractivity contribution in [2.24, 2.45) is 0 Å². The minimum Gasteiger partial charge on any atom is -0.464 e. The van der Waals surface area contributed by atoms with Crippen LogP contribution < -0.4 is 0 Å². The largest absolute Gasteiger partial charge is 0.464 e. The molecule has 0 aliphatic rings. The molecule has 0 saturated carbocycles. The van der Waals surface area contributed by atoms with Gasteiger partial charge in [0.25, 0.3) is 0 Å². The summed E-state index contributed by atoms with van der Waals surface area (Å²) in [5, 5.41) is 0. The van der Waals surface area contributed by atoms with Crippen LogP contribution in [0.3, 0.4) is 0 Å². The molecular formula is C16H14O. The second kappa shape index (κ2) is 5.74. The van der Waals surface area contributed by atoms with Crippen LogP contribution in [0.1, 0.15) is 17.7 Å². The highest BCUT2D eigenvalue weighted by Crippen LogP contribution is 2.17. The number of rotatable bonds is 4. The van der Waals surface area contributed by atoms with Gasteiger partial charge in [0.15, 0.2) is 0 Å². The molecule has 1 nitrogen and oxygen atoms in total. The lowest BCUT2D eigenvalue weighted by Crippen LogP contribution is -1.80. The third kappa shape index (κ3) is 3.10. The first-order chi connectivity index (χ1) is 8.40. The van der Waals surface area contributed by atoms with Crippen molar-refractivity contribution in [1.82, 2.24) is 0 Å². The van der Waals surface area contributed by atoms with Crippen molar-refractivity contribution in [3.8, 4) is 0 Å². The Labute approximate surface area is 101 Å². The molecule has 1 aromatic heterocycles. The Morgan fingerprint density at radius 2 is 2.00 bits per heavy atom. The van der Waals surface area contributed by atoms with E-state index < -0.39 is 0 Å². The number of furan rings is 1. The van der Waals surface area contributed by atoms with Gasteiger partial charge in [0.05, 0.1) is 6.26 Å². The average Bonchev–Trinajstić information content (AvgIpc) is 2.88. The van der Waals surface area contributed by atoms with E-state index in [-0.39, 0.29) is 0 Å². The molecule has 0 radical (unpaired) electrons. The van der Waals surface area contributed by atoms with Crippen LogP contribution in [-0.4, -0.2) is 0 Å². The summed E-state index contributed by atoms with van der Waals surface area (Å²) in [5.74, 6) is 0.808. The fraction of sp³-hybridized carbons (Fsp3) is 0.0625. The van der Waals surface area contributed by atoms with E-state index in [4.69, 9.17) is 4.42 Å². The highest BCUT2D eigenvalue weighted by molar-refractivity contribution is 5.69. The van der Waals surface area contributed by atoms with E-state index in [0.717, 1.165) is 23.3 Å². The lowest BCUT2D eigenvalue weighted by atomic mass is 10.0. The number of benzene rings is 1. The van der Waals surface area contributed by atoms with Crippen molar-refractivity contribution in [1.29, 1.82) is 0 Å². The minimum absolute atomic E-state index is 0.793. The van der Waals surface area contributed by atoms with E-state index in [1.165, 1.54) is 0 Å². The van der Waals surface area contributed by atoms with Gasteiger partial charge in [-0.15, -0.1) is 12.3 Å². The van der Waals surface area contributed by atoms with Crippen LogP contribution >= 0.6 is 0 Å². The van der Waals surface area contributed by atoms with Gasteiger partial charge in [0, 0.05) is 11.6 Å². The Kier molecular flexibility index (Phi) is 3.80. The SMILES string of the molecule is C=CCC(=C=Cc1ccco1)c1ccccc1. The Morgan fingerprint density at radius 1 is 1.18 bits per heavy atom. The molecule has 0 atom stereocenters. The van der Waals surface area contributed by atoms with Gasteiger partial charge in [0.2, 0.25) is 0 Å². The molecule has 0 saturated heterocycles. The van der Waals surface area contributed by atoms with Crippen LogP contribution in [-0.2, 0) is 0 Å². The predicted molar refractivity (Wildman–Crippen MR) is 71.3 cm³/mol. The summed E-state index contributed by atoms with van der Waals surface area (Å²) in [6, 6.07) is 14.0. The van der Waals surface area contributed by atoms with Crippen LogP contribution in [0.4, 0.5) is 0 Å². The molecule has 0 spiro atoms. The summed E-state index contributed by atoms with van der Waals surface area (Å²) in [5.41, 5.74) is 5.54. The van der Waals surface area contributed by atoms with Crippen molar-refractivity contribution in [3.05, 3.63) is 78.4 Å². The van der Waals surface area contributed by atoms with Crippen LogP contribution in [0.5, 0.6) is 0 Å². The van der Waals surface area contributed by atoms with Gasteiger partial charge in [-0.2, -0.15) is 0 Å². The topological polar surface area (TPSA) is 13.1 Å². The molecule has 0 amide bonds. The first-order valence-corrected chi connectivity index (χ1v) is 5.55. The molecule has 0 unspecified atom stereocenters. The zero-order valence-corrected chi connectivity index (χ0v) is 9.60. The standard InChI is InChI=1S/C16H14O/c1-2-7-14(15-8-4-3-5-9-15)11-12-16-10-6-13-17-16/h2-6,8-10,12-13H,1,7H2. The first-order valence-electron chi connectivity index (χ1n) is 5.55. The number of hydrogen-bond acceptors (Lipinski definition) is 1. The molecule has 1 aromatic carbocycles. The van der Waals surface area contributed by atoms with E-state index in [2.05, 4.69) is 24.4 Å². The van der Waals surface area contributed by atoms with E-state index in [9.17, 15) is 0 Å². The smallest absolute Gasteiger partial charge is 0.134 e. The summed E-state index contributed by atoms with van der Waals surface area (Å²) >= 11 is 0. The van der Waals surface area contributed by atoms with Crippen molar-refractivity contribution in [3.63, 3.8) is 0 Å². The molecule has 84 valence electrons. The Hall–Kier alpha value is -2.24. The highest BCUT2D eigenvalue weighted by Gasteiger charge is 1.97. The number of hydrogen-bond donors (Lipinski definition) is 0. The van der Waals surface area contributed by atoms with Crippen LogP contribution in [0, 0.1) is 0 Å². The highest BCUT2D eigenvalue weighted by atomic mass is 16.3. The maximum Gasteiger partial charge on any atom is 0.134 e. The maximum absolute atomic E-state index is 5.24. The Bertz CT molecular complexity index is 526. The monoisotopic (exact) mass is 222 g/mol. The van der Waals surface area contributed by atoms with Gasteiger partial charge in [-0.25, -0.2) is 0 Å². The average molecular weight is 222 g/mol. The number of allylic oxidation sites excluding steroid dienone is 2. The van der Waals surface area contributed by atoms with Gasteiger partial charge in [-0.05, 0) is 24.1 Å². The van der Waals surface area contributed by atoms with E-state index in [1.807, 2.05) is 42.5 Å². The van der Waals surface area contributed by atoms with Crippen LogP contribution in [0.15, 0.2) is 71.5 Å². The molecule has 17 heavy (non-hydrogen) atoms. The minimum atomic E-state index is 0.793. The molecule has 0 fully saturated rings. The first kappa shape index (κ1) is 11.3.